The number of pyridine rings is 1. The minimum absolute atomic E-state index is 0. The van der Waals surface area contributed by atoms with E-state index in [4.69, 9.17) is 9.72 Å². The molecule has 0 unspecified atom stereocenters. The van der Waals surface area contributed by atoms with Crippen molar-refractivity contribution in [1.82, 2.24) is 9.55 Å². The Kier molecular flexibility index (Phi) is 8.14. The second-order valence-electron chi connectivity index (χ2n) is 14.2. The van der Waals surface area contributed by atoms with Crippen LogP contribution in [0.4, 0.5) is 22.7 Å². The number of aromatic nitrogens is 2. The molecule has 262 valence electrons. The van der Waals surface area contributed by atoms with Gasteiger partial charge in [0.1, 0.15) is 5.82 Å². The third-order valence-corrected chi connectivity index (χ3v) is 11.0. The molecule has 4 heterocycles. The normalized spacial score (nSPS) is 12.9. The predicted octanol–water partition coefficient (Wildman–Crippen LogP) is 12.6. The van der Waals surface area contributed by atoms with E-state index in [9.17, 15) is 0 Å². The Morgan fingerprint density at radius 2 is 1.40 bits per heavy atom. The average molecular weight is 885 g/mol. The molecule has 0 saturated heterocycles. The van der Waals surface area contributed by atoms with E-state index in [2.05, 4.69) is 169 Å². The SMILES string of the molecule is CC(C)(C)c1ccnc(-n2c3[c-]c(Oc4[c-]c(N5[CH-]N(c6ccccc6)c6cc7sc8ccccc8c7cc65)ccc4)ccc3c3ccccc32)c1.[Pt]. The second kappa shape index (κ2) is 12.9. The number of benzene rings is 6. The zero-order chi connectivity index (χ0) is 35.0. The van der Waals surface area contributed by atoms with E-state index in [1.165, 1.54) is 25.7 Å². The Morgan fingerprint density at radius 3 is 2.25 bits per heavy atom. The molecule has 0 N–H and O–H groups in total. The summed E-state index contributed by atoms with van der Waals surface area (Å²) in [7, 11) is 0. The van der Waals surface area contributed by atoms with E-state index in [1.807, 2.05) is 35.7 Å². The van der Waals surface area contributed by atoms with Crippen molar-refractivity contribution in [2.24, 2.45) is 0 Å². The maximum absolute atomic E-state index is 6.57. The van der Waals surface area contributed by atoms with Crippen molar-refractivity contribution < 1.29 is 25.8 Å². The molecule has 0 saturated carbocycles. The number of thiophene rings is 1. The standard InChI is InChI=1S/C46H33N4OS.Pt/c1-46(2,3)30-22-23-47-45(24-30)50-39-18-9-7-16-35(39)36-21-20-34(26-40(36)50)51-33-15-11-14-32(25-33)49-29-48(31-12-5-4-6-13-31)42-28-44-38(27-41(42)49)37-17-8-10-19-43(37)52-44;/h4-24,27-29H,1-3H3;/q-3;. The maximum atomic E-state index is 6.57. The molecule has 53 heavy (non-hydrogen) atoms. The molecule has 0 bridgehead atoms. The van der Waals surface area contributed by atoms with Crippen LogP contribution in [0.3, 0.4) is 0 Å². The van der Waals surface area contributed by atoms with E-state index in [1.54, 1.807) is 0 Å². The zero-order valence-corrected chi connectivity index (χ0v) is 32.4. The Labute approximate surface area is 327 Å². The largest absolute Gasteiger partial charge is 0.509 e. The van der Waals surface area contributed by atoms with Crippen molar-refractivity contribution in [3.05, 3.63) is 164 Å². The molecule has 9 aromatic rings. The van der Waals surface area contributed by atoms with Crippen LogP contribution in [0.2, 0.25) is 0 Å². The molecule has 0 amide bonds. The second-order valence-corrected chi connectivity index (χ2v) is 15.3. The van der Waals surface area contributed by atoms with Gasteiger partial charge in [-0.3, -0.25) is 0 Å². The Bertz CT molecular complexity index is 2820. The summed E-state index contributed by atoms with van der Waals surface area (Å²) in [5, 5.41) is 4.77. The van der Waals surface area contributed by atoms with Crippen LogP contribution in [0.1, 0.15) is 26.3 Å². The van der Waals surface area contributed by atoms with Gasteiger partial charge in [0, 0.05) is 81.5 Å². The summed E-state index contributed by atoms with van der Waals surface area (Å²) in [6.45, 7) is 8.83. The van der Waals surface area contributed by atoms with Gasteiger partial charge in [0.2, 0.25) is 0 Å². The third kappa shape index (κ3) is 5.69. The zero-order valence-electron chi connectivity index (χ0n) is 29.3. The summed E-state index contributed by atoms with van der Waals surface area (Å²) in [6, 6.07) is 53.8. The topological polar surface area (TPSA) is 33.5 Å². The van der Waals surface area contributed by atoms with E-state index in [-0.39, 0.29) is 26.5 Å². The number of ether oxygens (including phenoxy) is 1. The molecule has 0 radical (unpaired) electrons. The summed E-state index contributed by atoms with van der Waals surface area (Å²) in [4.78, 5) is 9.29. The molecule has 7 heteroatoms. The molecule has 1 aliphatic heterocycles. The van der Waals surface area contributed by atoms with Gasteiger partial charge in [0.25, 0.3) is 0 Å². The first-order valence-corrected chi connectivity index (χ1v) is 18.3. The predicted molar refractivity (Wildman–Crippen MR) is 216 cm³/mol. The molecular formula is C46H33N4OPtS-3. The summed E-state index contributed by atoms with van der Waals surface area (Å²) in [6.07, 6.45) is 1.90. The Balaban J connectivity index is 0.00000372. The molecule has 0 atom stereocenters. The van der Waals surface area contributed by atoms with Crippen LogP contribution in [0.25, 0.3) is 47.8 Å². The first-order chi connectivity index (χ1) is 25.4. The summed E-state index contributed by atoms with van der Waals surface area (Å²) in [5.74, 6) is 2.08. The molecule has 3 aromatic heterocycles. The number of hydrogen-bond acceptors (Lipinski definition) is 5. The monoisotopic (exact) mass is 884 g/mol. The number of nitrogens with zero attached hydrogens (tertiary/aromatic N) is 4. The number of hydrogen-bond donors (Lipinski definition) is 0. The van der Waals surface area contributed by atoms with Crippen molar-refractivity contribution in [3.63, 3.8) is 0 Å². The minimum atomic E-state index is -0.00973. The van der Waals surface area contributed by atoms with Crippen LogP contribution >= 0.6 is 11.3 Å². The van der Waals surface area contributed by atoms with Gasteiger partial charge in [-0.25, -0.2) is 4.98 Å². The van der Waals surface area contributed by atoms with E-state index in [0.717, 1.165) is 50.4 Å². The van der Waals surface area contributed by atoms with Gasteiger partial charge >= 0.3 is 0 Å². The van der Waals surface area contributed by atoms with Crippen LogP contribution in [0.5, 0.6) is 11.5 Å². The number of para-hydroxylation sites is 2. The average Bonchev–Trinajstić information content (AvgIpc) is 3.83. The van der Waals surface area contributed by atoms with Gasteiger partial charge < -0.3 is 19.1 Å². The fourth-order valence-electron chi connectivity index (χ4n) is 7.29. The van der Waals surface area contributed by atoms with Crippen molar-refractivity contribution >= 4 is 76.1 Å². The van der Waals surface area contributed by atoms with E-state index >= 15 is 0 Å². The summed E-state index contributed by atoms with van der Waals surface area (Å²) in [5.41, 5.74) is 7.41. The van der Waals surface area contributed by atoms with Crippen molar-refractivity contribution in [1.29, 1.82) is 0 Å². The fraction of sp³-hybridized carbons (Fsp3) is 0.0870. The van der Waals surface area contributed by atoms with Crippen molar-refractivity contribution in [2.75, 3.05) is 9.80 Å². The Morgan fingerprint density at radius 1 is 0.642 bits per heavy atom. The van der Waals surface area contributed by atoms with Crippen molar-refractivity contribution in [3.8, 4) is 17.3 Å². The van der Waals surface area contributed by atoms with Crippen LogP contribution in [0.15, 0.2) is 140 Å². The molecule has 10 rings (SSSR count). The number of fused-ring (bicyclic) bond motifs is 7. The van der Waals surface area contributed by atoms with Crippen LogP contribution in [-0.2, 0) is 26.5 Å². The number of anilines is 4. The van der Waals surface area contributed by atoms with Crippen LogP contribution in [-0.4, -0.2) is 9.55 Å². The first kappa shape index (κ1) is 33.4. The quantitative estimate of drug-likeness (QED) is 0.161. The van der Waals surface area contributed by atoms with Gasteiger partial charge in [-0.1, -0.05) is 80.9 Å². The van der Waals surface area contributed by atoms with Crippen LogP contribution < -0.4 is 14.5 Å². The Hall–Kier alpha value is -5.42. The first-order valence-electron chi connectivity index (χ1n) is 17.5. The van der Waals surface area contributed by atoms with Gasteiger partial charge in [0.15, 0.2) is 0 Å². The summed E-state index contributed by atoms with van der Waals surface area (Å²) >= 11 is 1.83. The maximum Gasteiger partial charge on any atom is 0.135 e. The van der Waals surface area contributed by atoms with E-state index < -0.39 is 0 Å². The molecule has 0 spiro atoms. The third-order valence-electron chi connectivity index (χ3n) is 9.89. The molecule has 1 aliphatic rings. The van der Waals surface area contributed by atoms with Gasteiger partial charge in [-0.2, -0.15) is 12.1 Å². The molecule has 0 fully saturated rings. The minimum Gasteiger partial charge on any atom is -0.509 e. The van der Waals surface area contributed by atoms with Gasteiger partial charge in [-0.15, -0.1) is 59.4 Å². The molecular weight excluding hydrogens is 852 g/mol. The van der Waals surface area contributed by atoms with Gasteiger partial charge in [0.05, 0.1) is 0 Å². The number of rotatable bonds is 5. The van der Waals surface area contributed by atoms with Gasteiger partial charge in [-0.05, 0) is 64.9 Å². The fourth-order valence-corrected chi connectivity index (χ4v) is 8.42. The molecule has 5 nitrogen and oxygen atoms in total. The molecule has 0 aliphatic carbocycles. The smallest absolute Gasteiger partial charge is 0.135 e. The molecule has 6 aromatic carbocycles. The van der Waals surface area contributed by atoms with E-state index in [0.29, 0.717) is 11.5 Å². The summed E-state index contributed by atoms with van der Waals surface area (Å²) < 4.78 is 11.3. The van der Waals surface area contributed by atoms with Crippen molar-refractivity contribution in [2.45, 2.75) is 26.2 Å². The van der Waals surface area contributed by atoms with Crippen LogP contribution in [0, 0.1) is 18.8 Å².